The van der Waals surface area contributed by atoms with Gasteiger partial charge in [0.25, 0.3) is 0 Å². The van der Waals surface area contributed by atoms with Crippen molar-refractivity contribution in [2.75, 3.05) is 20.7 Å². The van der Waals surface area contributed by atoms with Crippen LogP contribution >= 0.6 is 0 Å². The molecule has 1 heterocycles. The summed E-state index contributed by atoms with van der Waals surface area (Å²) in [6.07, 6.45) is -1.74. The van der Waals surface area contributed by atoms with Crippen molar-refractivity contribution in [3.63, 3.8) is 0 Å². The van der Waals surface area contributed by atoms with Crippen LogP contribution in [0, 0.1) is 0 Å². The molecule has 12 heteroatoms. The van der Waals surface area contributed by atoms with E-state index in [1.165, 1.54) is 38.4 Å². The van der Waals surface area contributed by atoms with E-state index in [9.17, 15) is 28.0 Å². The third-order valence-corrected chi connectivity index (χ3v) is 5.40. The SMILES string of the molecule is COc1ccc(S(=O)(=O)N2CC(=O)N(C)[C@@H]2N(O)C(=O)C(N)=O)cc1. The molecule has 0 unspecified atom stereocenters. The number of primary amides is 1. The number of rotatable bonds is 4. The summed E-state index contributed by atoms with van der Waals surface area (Å²) in [6.45, 7) is -0.626. The number of ether oxygens (including phenoxy) is 1. The molecule has 0 bridgehead atoms. The highest BCUT2D eigenvalue weighted by Crippen LogP contribution is 2.26. The number of hydrogen-bond donors (Lipinski definition) is 2. The first-order valence-corrected chi connectivity index (χ1v) is 8.28. The molecular formula is C13H16N4O7S. The van der Waals surface area contributed by atoms with Crippen molar-refractivity contribution >= 4 is 27.7 Å². The van der Waals surface area contributed by atoms with E-state index in [1.54, 1.807) is 0 Å². The van der Waals surface area contributed by atoms with Gasteiger partial charge < -0.3 is 15.4 Å². The molecule has 136 valence electrons. The van der Waals surface area contributed by atoms with Crippen molar-refractivity contribution in [3.8, 4) is 5.75 Å². The quantitative estimate of drug-likeness (QED) is 0.357. The van der Waals surface area contributed by atoms with Crippen LogP contribution in [0.1, 0.15) is 0 Å². The summed E-state index contributed by atoms with van der Waals surface area (Å²) in [5.41, 5.74) is 4.81. The van der Waals surface area contributed by atoms with Crippen LogP contribution in [0.15, 0.2) is 29.2 Å². The zero-order chi connectivity index (χ0) is 18.9. The highest BCUT2D eigenvalue weighted by Gasteiger charge is 2.48. The fourth-order valence-corrected chi connectivity index (χ4v) is 3.75. The minimum atomic E-state index is -4.27. The summed E-state index contributed by atoms with van der Waals surface area (Å²) in [7, 11) is -1.69. The maximum atomic E-state index is 12.8. The van der Waals surface area contributed by atoms with Crippen molar-refractivity contribution in [1.82, 2.24) is 14.3 Å². The summed E-state index contributed by atoms with van der Waals surface area (Å²) in [5.74, 6) is -3.32. The third-order valence-electron chi connectivity index (χ3n) is 3.59. The topological polar surface area (TPSA) is 151 Å². The molecule has 1 aromatic carbocycles. The summed E-state index contributed by atoms with van der Waals surface area (Å²) in [6, 6.07) is 5.28. The summed E-state index contributed by atoms with van der Waals surface area (Å²) in [4.78, 5) is 35.1. The maximum Gasteiger partial charge on any atom is 0.338 e. The van der Waals surface area contributed by atoms with E-state index in [-0.39, 0.29) is 9.96 Å². The second-order valence-electron chi connectivity index (χ2n) is 5.09. The molecule has 11 nitrogen and oxygen atoms in total. The number of carbonyl (C=O) groups excluding carboxylic acids is 3. The second kappa shape index (κ2) is 6.66. The lowest BCUT2D eigenvalue weighted by Crippen LogP contribution is -2.56. The van der Waals surface area contributed by atoms with Crippen LogP contribution in [0.2, 0.25) is 0 Å². The maximum absolute atomic E-state index is 12.8. The largest absolute Gasteiger partial charge is 0.497 e. The zero-order valence-electron chi connectivity index (χ0n) is 13.3. The lowest BCUT2D eigenvalue weighted by molar-refractivity contribution is -0.199. The number of nitrogens with two attached hydrogens (primary N) is 1. The van der Waals surface area contributed by atoms with E-state index in [0.29, 0.717) is 10.1 Å². The molecule has 1 saturated heterocycles. The monoisotopic (exact) mass is 372 g/mol. The van der Waals surface area contributed by atoms with Crippen LogP contribution < -0.4 is 10.5 Å². The fourth-order valence-electron chi connectivity index (χ4n) is 2.24. The second-order valence-corrected chi connectivity index (χ2v) is 6.98. The van der Waals surface area contributed by atoms with E-state index >= 15 is 0 Å². The molecule has 1 aromatic rings. The van der Waals surface area contributed by atoms with Crippen LogP contribution in [-0.2, 0) is 24.4 Å². The van der Waals surface area contributed by atoms with Gasteiger partial charge in [0.15, 0.2) is 0 Å². The van der Waals surface area contributed by atoms with Crippen molar-refractivity contribution in [1.29, 1.82) is 0 Å². The molecule has 3 amide bonds. The number of benzene rings is 1. The first-order chi connectivity index (χ1) is 11.6. The van der Waals surface area contributed by atoms with Crippen LogP contribution in [0.5, 0.6) is 5.75 Å². The van der Waals surface area contributed by atoms with Crippen LogP contribution in [0.3, 0.4) is 0 Å². The third kappa shape index (κ3) is 3.26. The number of nitrogens with zero attached hydrogens (tertiary/aromatic N) is 3. The molecule has 0 aliphatic carbocycles. The van der Waals surface area contributed by atoms with Gasteiger partial charge in [-0.1, -0.05) is 0 Å². The van der Waals surface area contributed by atoms with E-state index in [4.69, 9.17) is 10.5 Å². The minimum absolute atomic E-state index is 0.186. The lowest BCUT2D eigenvalue weighted by Gasteiger charge is -2.31. The van der Waals surface area contributed by atoms with Gasteiger partial charge in [-0.05, 0) is 24.3 Å². The highest BCUT2D eigenvalue weighted by atomic mass is 32.2. The number of likely N-dealkylation sites (N-methyl/N-ethyl adjacent to an activating group) is 1. The van der Waals surface area contributed by atoms with Gasteiger partial charge in [0.2, 0.25) is 22.2 Å². The normalized spacial score (nSPS) is 18.3. The van der Waals surface area contributed by atoms with Gasteiger partial charge in [0.1, 0.15) is 5.75 Å². The number of sulfonamides is 1. The average Bonchev–Trinajstić information content (AvgIpc) is 2.89. The number of hydrogen-bond acceptors (Lipinski definition) is 7. The molecule has 1 aliphatic rings. The van der Waals surface area contributed by atoms with Gasteiger partial charge in [-0.2, -0.15) is 5.06 Å². The Bertz CT molecular complexity index is 808. The summed E-state index contributed by atoms with van der Waals surface area (Å²) >= 11 is 0. The van der Waals surface area contributed by atoms with Crippen molar-refractivity contribution in [2.24, 2.45) is 5.73 Å². The number of hydroxylamine groups is 2. The number of carbonyl (C=O) groups is 3. The molecule has 0 aromatic heterocycles. The predicted molar refractivity (Wildman–Crippen MR) is 81.3 cm³/mol. The van der Waals surface area contributed by atoms with E-state index < -0.39 is 40.6 Å². The predicted octanol–water partition coefficient (Wildman–Crippen LogP) is -1.86. The first kappa shape index (κ1) is 18.6. The Balaban J connectivity index is 2.44. The fraction of sp³-hybridized carbons (Fsp3) is 0.308. The van der Waals surface area contributed by atoms with Crippen molar-refractivity contribution < 1.29 is 32.7 Å². The van der Waals surface area contributed by atoms with Gasteiger partial charge in [0, 0.05) is 7.05 Å². The van der Waals surface area contributed by atoms with Gasteiger partial charge in [-0.3, -0.25) is 19.6 Å². The van der Waals surface area contributed by atoms with Gasteiger partial charge in [0.05, 0.1) is 18.6 Å². The Morgan fingerprint density at radius 2 is 1.88 bits per heavy atom. The Kier molecular flexibility index (Phi) is 4.97. The first-order valence-electron chi connectivity index (χ1n) is 6.84. The van der Waals surface area contributed by atoms with Gasteiger partial charge >= 0.3 is 11.8 Å². The lowest BCUT2D eigenvalue weighted by atomic mass is 10.3. The van der Waals surface area contributed by atoms with E-state index in [1.807, 2.05) is 0 Å². The molecule has 1 aliphatic heterocycles. The smallest absolute Gasteiger partial charge is 0.338 e. The van der Waals surface area contributed by atoms with Gasteiger partial charge in [-0.25, -0.2) is 8.42 Å². The average molecular weight is 372 g/mol. The summed E-state index contributed by atoms with van der Waals surface area (Å²) in [5, 5.41) is 9.72. The van der Waals surface area contributed by atoms with Crippen molar-refractivity contribution in [3.05, 3.63) is 24.3 Å². The molecule has 0 saturated carbocycles. The Morgan fingerprint density at radius 1 is 1.32 bits per heavy atom. The summed E-state index contributed by atoms with van der Waals surface area (Å²) < 4.78 is 31.1. The molecular weight excluding hydrogens is 356 g/mol. The van der Waals surface area contributed by atoms with Crippen LogP contribution in [-0.4, -0.2) is 72.6 Å². The number of methoxy groups -OCH3 is 1. The number of amides is 3. The standard InChI is InChI=1S/C13H16N4O7S/c1-15-10(18)7-16(13(15)17(21)12(20)11(14)19)25(22,23)9-5-3-8(24-2)4-6-9/h3-6,13,21H,7H2,1-2H3,(H2,14,19)/t13-/m0/s1. The minimum Gasteiger partial charge on any atom is -0.497 e. The van der Waals surface area contributed by atoms with E-state index in [0.717, 1.165) is 4.90 Å². The van der Waals surface area contributed by atoms with Crippen LogP contribution in [0.4, 0.5) is 0 Å². The van der Waals surface area contributed by atoms with Gasteiger partial charge in [-0.15, -0.1) is 4.31 Å². The molecule has 1 fully saturated rings. The molecule has 0 radical (unpaired) electrons. The molecule has 25 heavy (non-hydrogen) atoms. The zero-order valence-corrected chi connectivity index (χ0v) is 14.1. The van der Waals surface area contributed by atoms with Crippen LogP contribution in [0.25, 0.3) is 0 Å². The highest BCUT2D eigenvalue weighted by molar-refractivity contribution is 7.89. The Labute approximate surface area is 143 Å². The molecule has 1 atom stereocenters. The Hall–Kier alpha value is -2.70. The van der Waals surface area contributed by atoms with Crippen molar-refractivity contribution in [2.45, 2.75) is 11.2 Å². The Morgan fingerprint density at radius 3 is 2.36 bits per heavy atom. The molecule has 2 rings (SSSR count). The molecule has 0 spiro atoms. The molecule has 3 N–H and O–H groups in total. The van der Waals surface area contributed by atoms with E-state index in [2.05, 4.69) is 0 Å².